The van der Waals surface area contributed by atoms with E-state index < -0.39 is 23.1 Å². The Balaban J connectivity index is 1.28. The minimum absolute atomic E-state index is 0.0715. The van der Waals surface area contributed by atoms with Crippen molar-refractivity contribution in [1.29, 1.82) is 0 Å². The third-order valence-corrected chi connectivity index (χ3v) is 5.78. The van der Waals surface area contributed by atoms with Crippen molar-refractivity contribution in [1.82, 2.24) is 23.8 Å². The summed E-state index contributed by atoms with van der Waals surface area (Å²) in [7, 11) is 3.25. The number of amides is 1. The number of nitrogens with one attached hydrogen (secondary N) is 1. The number of rotatable bonds is 9. The fourth-order valence-electron chi connectivity index (χ4n) is 3.74. The SMILES string of the molecule is Cc1ccc(NC(=O)c2cnoc2COC(=O)CCCCn2c(=O)c3c(ncn3C)n(C)c2=O)cc1. The van der Waals surface area contributed by atoms with Crippen LogP contribution < -0.4 is 16.6 Å². The monoisotopic (exact) mass is 494 g/mol. The first-order valence-corrected chi connectivity index (χ1v) is 11.3. The lowest BCUT2D eigenvalue weighted by atomic mass is 10.2. The Morgan fingerprint density at radius 1 is 1.11 bits per heavy atom. The number of esters is 1. The lowest BCUT2D eigenvalue weighted by Gasteiger charge is -2.09. The average Bonchev–Trinajstić information content (AvgIpc) is 3.49. The van der Waals surface area contributed by atoms with Crippen LogP contribution in [0.25, 0.3) is 11.2 Å². The van der Waals surface area contributed by atoms with Gasteiger partial charge in [0, 0.05) is 32.7 Å². The maximum atomic E-state index is 12.7. The Morgan fingerprint density at radius 2 is 1.86 bits per heavy atom. The molecule has 0 saturated heterocycles. The molecule has 3 aromatic heterocycles. The maximum absolute atomic E-state index is 12.7. The van der Waals surface area contributed by atoms with Crippen molar-refractivity contribution in [2.75, 3.05) is 5.32 Å². The van der Waals surface area contributed by atoms with Gasteiger partial charge in [0.1, 0.15) is 5.56 Å². The number of hydrogen-bond acceptors (Lipinski definition) is 8. The second-order valence-electron chi connectivity index (χ2n) is 8.43. The van der Waals surface area contributed by atoms with Crippen LogP contribution in [0, 0.1) is 6.92 Å². The molecule has 0 saturated carbocycles. The van der Waals surface area contributed by atoms with Gasteiger partial charge in [0.05, 0.1) is 12.5 Å². The fourth-order valence-corrected chi connectivity index (χ4v) is 3.74. The standard InChI is InChI=1S/C24H26N6O6/c1-15-7-9-16(10-8-15)27-22(32)17-12-26-36-18(17)13-35-19(31)6-4-5-11-30-23(33)20-21(25-14-28(20)2)29(3)24(30)34/h7-10,12,14H,4-6,11,13H2,1-3H3,(H,27,32). The minimum Gasteiger partial charge on any atom is -0.457 e. The molecule has 0 atom stereocenters. The van der Waals surface area contributed by atoms with Gasteiger partial charge in [0.2, 0.25) is 0 Å². The van der Waals surface area contributed by atoms with E-state index in [1.54, 1.807) is 30.8 Å². The fraction of sp³-hybridized carbons (Fsp3) is 0.333. The number of imidazole rings is 1. The van der Waals surface area contributed by atoms with Crippen molar-refractivity contribution in [3.63, 3.8) is 0 Å². The zero-order chi connectivity index (χ0) is 25.8. The maximum Gasteiger partial charge on any atom is 0.332 e. The Bertz CT molecular complexity index is 1530. The molecule has 1 amide bonds. The van der Waals surface area contributed by atoms with E-state index in [-0.39, 0.29) is 30.9 Å². The van der Waals surface area contributed by atoms with E-state index in [1.165, 1.54) is 17.1 Å². The van der Waals surface area contributed by atoms with Crippen molar-refractivity contribution >= 4 is 28.7 Å². The average molecular weight is 495 g/mol. The zero-order valence-electron chi connectivity index (χ0n) is 20.2. The van der Waals surface area contributed by atoms with Crippen molar-refractivity contribution in [3.05, 3.63) is 74.5 Å². The molecule has 0 radical (unpaired) electrons. The van der Waals surface area contributed by atoms with Crippen molar-refractivity contribution in [3.8, 4) is 0 Å². The van der Waals surface area contributed by atoms with Gasteiger partial charge in [-0.15, -0.1) is 0 Å². The first-order valence-electron chi connectivity index (χ1n) is 11.3. The highest BCUT2D eigenvalue weighted by Crippen LogP contribution is 2.15. The van der Waals surface area contributed by atoms with E-state index in [2.05, 4.69) is 15.5 Å². The van der Waals surface area contributed by atoms with Crippen molar-refractivity contribution in [2.45, 2.75) is 39.3 Å². The summed E-state index contributed by atoms with van der Waals surface area (Å²) in [4.78, 5) is 54.1. The molecule has 4 rings (SSSR count). The van der Waals surface area contributed by atoms with E-state index in [1.807, 2.05) is 19.1 Å². The van der Waals surface area contributed by atoms with E-state index in [4.69, 9.17) is 9.26 Å². The smallest absolute Gasteiger partial charge is 0.332 e. The summed E-state index contributed by atoms with van der Waals surface area (Å²) in [6.07, 6.45) is 3.64. The van der Waals surface area contributed by atoms with Crippen LogP contribution in [-0.2, 0) is 36.8 Å². The largest absolute Gasteiger partial charge is 0.457 e. The number of aryl methyl sites for hydroxylation is 3. The summed E-state index contributed by atoms with van der Waals surface area (Å²) in [5.74, 6) is -0.797. The molecule has 0 aliphatic rings. The number of unbranched alkanes of at least 4 members (excludes halogenated alkanes) is 1. The molecule has 1 N–H and O–H groups in total. The molecule has 0 fully saturated rings. The van der Waals surface area contributed by atoms with E-state index in [0.29, 0.717) is 29.7 Å². The molecule has 0 aliphatic heterocycles. The molecule has 0 unspecified atom stereocenters. The normalized spacial score (nSPS) is 11.1. The molecule has 12 heteroatoms. The first-order chi connectivity index (χ1) is 17.3. The summed E-state index contributed by atoms with van der Waals surface area (Å²) < 4.78 is 14.4. The Kier molecular flexibility index (Phi) is 7.13. The van der Waals surface area contributed by atoms with Gasteiger partial charge in [-0.3, -0.25) is 23.5 Å². The number of hydrogen-bond donors (Lipinski definition) is 1. The number of anilines is 1. The van der Waals surface area contributed by atoms with Crippen LogP contribution in [0.4, 0.5) is 5.69 Å². The molecule has 3 heterocycles. The van der Waals surface area contributed by atoms with Gasteiger partial charge in [-0.25, -0.2) is 9.78 Å². The number of benzene rings is 1. The summed E-state index contributed by atoms with van der Waals surface area (Å²) in [6.45, 7) is 1.86. The van der Waals surface area contributed by atoms with Crippen LogP contribution in [0.1, 0.15) is 40.9 Å². The Morgan fingerprint density at radius 3 is 2.61 bits per heavy atom. The number of aromatic nitrogens is 5. The molecule has 36 heavy (non-hydrogen) atoms. The van der Waals surface area contributed by atoms with Gasteiger partial charge < -0.3 is 19.1 Å². The summed E-state index contributed by atoms with van der Waals surface area (Å²) >= 11 is 0. The van der Waals surface area contributed by atoms with Gasteiger partial charge in [0.15, 0.2) is 23.5 Å². The predicted octanol–water partition coefficient (Wildman–Crippen LogP) is 1.90. The van der Waals surface area contributed by atoms with E-state index in [0.717, 1.165) is 10.1 Å². The van der Waals surface area contributed by atoms with Gasteiger partial charge in [-0.2, -0.15) is 0 Å². The highest BCUT2D eigenvalue weighted by molar-refractivity contribution is 6.04. The molecule has 4 aromatic rings. The number of fused-ring (bicyclic) bond motifs is 1. The lowest BCUT2D eigenvalue weighted by molar-refractivity contribution is -0.145. The van der Waals surface area contributed by atoms with Gasteiger partial charge >= 0.3 is 11.7 Å². The lowest BCUT2D eigenvalue weighted by Crippen LogP contribution is -2.39. The molecule has 12 nitrogen and oxygen atoms in total. The second kappa shape index (κ2) is 10.4. The molecule has 0 spiro atoms. The van der Waals surface area contributed by atoms with Crippen LogP contribution in [0.2, 0.25) is 0 Å². The van der Waals surface area contributed by atoms with Crippen LogP contribution in [0.15, 0.2) is 50.9 Å². The van der Waals surface area contributed by atoms with Crippen molar-refractivity contribution < 1.29 is 18.8 Å². The first kappa shape index (κ1) is 24.6. The molecule has 0 bridgehead atoms. The Hall–Kier alpha value is -4.48. The van der Waals surface area contributed by atoms with Crippen molar-refractivity contribution in [2.24, 2.45) is 14.1 Å². The van der Waals surface area contributed by atoms with Gasteiger partial charge in [0.25, 0.3) is 11.5 Å². The predicted molar refractivity (Wildman–Crippen MR) is 129 cm³/mol. The Labute approximate surface area is 205 Å². The third-order valence-electron chi connectivity index (χ3n) is 5.78. The third kappa shape index (κ3) is 5.11. The second-order valence-corrected chi connectivity index (χ2v) is 8.43. The molecule has 1 aromatic carbocycles. The number of nitrogens with zero attached hydrogens (tertiary/aromatic N) is 5. The van der Waals surface area contributed by atoms with Crippen LogP contribution in [0.5, 0.6) is 0 Å². The summed E-state index contributed by atoms with van der Waals surface area (Å²) in [5, 5.41) is 6.38. The molecule has 0 aliphatic carbocycles. The van der Waals surface area contributed by atoms with Crippen LogP contribution in [-0.4, -0.2) is 35.7 Å². The molecule has 188 valence electrons. The van der Waals surface area contributed by atoms with Crippen LogP contribution in [0.3, 0.4) is 0 Å². The summed E-state index contributed by atoms with van der Waals surface area (Å²) in [5.41, 5.74) is 1.63. The molecular formula is C24H26N6O6. The molecular weight excluding hydrogens is 468 g/mol. The van der Waals surface area contributed by atoms with E-state index in [9.17, 15) is 19.2 Å². The zero-order valence-corrected chi connectivity index (χ0v) is 20.2. The summed E-state index contributed by atoms with van der Waals surface area (Å²) in [6, 6.07) is 7.30. The number of carbonyl (C=O) groups is 2. The van der Waals surface area contributed by atoms with Crippen LogP contribution >= 0.6 is 0 Å². The highest BCUT2D eigenvalue weighted by atomic mass is 16.5. The highest BCUT2D eigenvalue weighted by Gasteiger charge is 2.18. The number of ether oxygens (including phenoxy) is 1. The van der Waals surface area contributed by atoms with Gasteiger partial charge in [-0.05, 0) is 31.9 Å². The van der Waals surface area contributed by atoms with Gasteiger partial charge in [-0.1, -0.05) is 22.9 Å². The number of carbonyl (C=O) groups excluding carboxylic acids is 2. The topological polar surface area (TPSA) is 143 Å². The quantitative estimate of drug-likeness (QED) is 0.274. The van der Waals surface area contributed by atoms with E-state index >= 15 is 0 Å². The minimum atomic E-state index is -0.501.